The Bertz CT molecular complexity index is 951. The number of para-hydroxylation sites is 2. The zero-order valence-corrected chi connectivity index (χ0v) is 16.1. The molecular formula is C22H25N5. The van der Waals surface area contributed by atoms with Crippen molar-refractivity contribution in [1.82, 2.24) is 15.2 Å². The zero-order chi connectivity index (χ0) is 18.8. The van der Waals surface area contributed by atoms with E-state index in [2.05, 4.69) is 83.6 Å². The van der Waals surface area contributed by atoms with Crippen LogP contribution in [0, 0.1) is 6.92 Å². The Balaban J connectivity index is 1.68. The normalized spacial score (nSPS) is 13.6. The number of benzene rings is 2. The summed E-state index contributed by atoms with van der Waals surface area (Å²) in [7, 11) is 0. The summed E-state index contributed by atoms with van der Waals surface area (Å²) in [6.45, 7) is 7.43. The molecule has 0 saturated carbocycles. The van der Waals surface area contributed by atoms with Crippen molar-refractivity contribution >= 4 is 23.1 Å². The molecule has 0 fully saturated rings. The van der Waals surface area contributed by atoms with Gasteiger partial charge in [0.2, 0.25) is 5.95 Å². The number of aryl methyl sites for hydroxylation is 2. The van der Waals surface area contributed by atoms with E-state index >= 15 is 0 Å². The summed E-state index contributed by atoms with van der Waals surface area (Å²) >= 11 is 0. The molecular weight excluding hydrogens is 334 g/mol. The van der Waals surface area contributed by atoms with Gasteiger partial charge in [0.05, 0.1) is 6.20 Å². The molecule has 2 aromatic carbocycles. The van der Waals surface area contributed by atoms with Gasteiger partial charge in [0.15, 0.2) is 5.82 Å². The van der Waals surface area contributed by atoms with Gasteiger partial charge in [0.25, 0.3) is 0 Å². The summed E-state index contributed by atoms with van der Waals surface area (Å²) in [5.74, 6) is 1.78. The fourth-order valence-electron chi connectivity index (χ4n) is 3.70. The third kappa shape index (κ3) is 3.50. The predicted molar refractivity (Wildman–Crippen MR) is 110 cm³/mol. The molecule has 138 valence electrons. The number of hydrogen-bond acceptors (Lipinski definition) is 5. The molecule has 27 heavy (non-hydrogen) atoms. The first-order valence-electron chi connectivity index (χ1n) is 9.55. The molecule has 1 aromatic heterocycles. The Labute approximate surface area is 160 Å². The van der Waals surface area contributed by atoms with E-state index in [1.165, 1.54) is 22.4 Å². The molecule has 4 rings (SSSR count). The lowest BCUT2D eigenvalue weighted by Crippen LogP contribution is -2.25. The number of aromatic nitrogens is 3. The molecule has 0 aliphatic carbocycles. The van der Waals surface area contributed by atoms with E-state index in [9.17, 15) is 0 Å². The fraction of sp³-hybridized carbons (Fsp3) is 0.318. The minimum absolute atomic E-state index is 0.414. The fourth-order valence-corrected chi connectivity index (χ4v) is 3.70. The first-order chi connectivity index (χ1) is 13.1. The van der Waals surface area contributed by atoms with Gasteiger partial charge in [-0.15, -0.1) is 5.10 Å². The van der Waals surface area contributed by atoms with Crippen molar-refractivity contribution in [2.75, 3.05) is 16.8 Å². The van der Waals surface area contributed by atoms with Crippen LogP contribution in [0.2, 0.25) is 0 Å². The number of fused-ring (bicyclic) bond motifs is 1. The van der Waals surface area contributed by atoms with E-state index in [1.54, 1.807) is 6.20 Å². The zero-order valence-electron chi connectivity index (χ0n) is 16.1. The monoisotopic (exact) mass is 359 g/mol. The molecule has 0 unspecified atom stereocenters. The van der Waals surface area contributed by atoms with E-state index in [1.807, 2.05) is 0 Å². The molecule has 1 aliphatic rings. The predicted octanol–water partition coefficient (Wildman–Crippen LogP) is 5.13. The lowest BCUT2D eigenvalue weighted by atomic mass is 9.98. The van der Waals surface area contributed by atoms with Crippen LogP contribution in [-0.4, -0.2) is 21.7 Å². The van der Waals surface area contributed by atoms with E-state index in [-0.39, 0.29) is 0 Å². The van der Waals surface area contributed by atoms with Crippen LogP contribution in [0.1, 0.15) is 42.9 Å². The third-order valence-corrected chi connectivity index (χ3v) is 5.10. The van der Waals surface area contributed by atoms with Crippen LogP contribution in [-0.2, 0) is 6.42 Å². The molecule has 1 N–H and O–H groups in total. The molecule has 5 heteroatoms. The molecule has 0 saturated heterocycles. The van der Waals surface area contributed by atoms with Crippen molar-refractivity contribution in [3.05, 3.63) is 65.4 Å². The van der Waals surface area contributed by atoms with Gasteiger partial charge in [-0.25, -0.2) is 0 Å². The standard InChI is InChI=1S/C22H25N5/c1-15(2)18-11-6-8-16(3)21(18)25-22-24-20(14-23-26-22)27-13-7-10-17-9-4-5-12-19(17)27/h4-6,8-9,11-12,14-15H,7,10,13H2,1-3H3,(H,24,25,26). The molecule has 0 amide bonds. The maximum Gasteiger partial charge on any atom is 0.249 e. The van der Waals surface area contributed by atoms with Crippen LogP contribution in [0.25, 0.3) is 0 Å². The first-order valence-corrected chi connectivity index (χ1v) is 9.55. The Hall–Kier alpha value is -2.95. The van der Waals surface area contributed by atoms with Gasteiger partial charge < -0.3 is 10.2 Å². The van der Waals surface area contributed by atoms with Crippen LogP contribution in [0.4, 0.5) is 23.1 Å². The van der Waals surface area contributed by atoms with Crippen molar-refractivity contribution in [1.29, 1.82) is 0 Å². The second kappa shape index (κ2) is 7.35. The second-order valence-electron chi connectivity index (χ2n) is 7.34. The van der Waals surface area contributed by atoms with Crippen LogP contribution in [0.3, 0.4) is 0 Å². The largest absolute Gasteiger partial charge is 0.325 e. The minimum Gasteiger partial charge on any atom is -0.325 e. The molecule has 0 atom stereocenters. The second-order valence-corrected chi connectivity index (χ2v) is 7.34. The van der Waals surface area contributed by atoms with E-state index in [0.717, 1.165) is 30.9 Å². The van der Waals surface area contributed by atoms with Crippen LogP contribution < -0.4 is 10.2 Å². The third-order valence-electron chi connectivity index (χ3n) is 5.10. The number of nitrogens with zero attached hydrogens (tertiary/aromatic N) is 4. The SMILES string of the molecule is Cc1cccc(C(C)C)c1Nc1nncc(N2CCCc3ccccc32)n1. The number of hydrogen-bond donors (Lipinski definition) is 1. The lowest BCUT2D eigenvalue weighted by Gasteiger charge is -2.30. The topological polar surface area (TPSA) is 53.9 Å². The van der Waals surface area contributed by atoms with Crippen LogP contribution >= 0.6 is 0 Å². The Morgan fingerprint density at radius 2 is 1.93 bits per heavy atom. The molecule has 0 spiro atoms. The van der Waals surface area contributed by atoms with Gasteiger partial charge in [-0.05, 0) is 48.4 Å². The van der Waals surface area contributed by atoms with Crippen LogP contribution in [0.15, 0.2) is 48.7 Å². The molecule has 2 heterocycles. The average molecular weight is 359 g/mol. The van der Waals surface area contributed by atoms with Crippen LogP contribution in [0.5, 0.6) is 0 Å². The lowest BCUT2D eigenvalue weighted by molar-refractivity contribution is 0.754. The van der Waals surface area contributed by atoms with Gasteiger partial charge in [0.1, 0.15) is 0 Å². The van der Waals surface area contributed by atoms with Crippen molar-refractivity contribution in [3.8, 4) is 0 Å². The Morgan fingerprint density at radius 1 is 1.07 bits per heavy atom. The molecule has 0 bridgehead atoms. The van der Waals surface area contributed by atoms with Crippen molar-refractivity contribution in [2.45, 2.75) is 39.5 Å². The van der Waals surface area contributed by atoms with Crippen molar-refractivity contribution in [3.63, 3.8) is 0 Å². The summed E-state index contributed by atoms with van der Waals surface area (Å²) < 4.78 is 0. The number of rotatable bonds is 4. The summed E-state index contributed by atoms with van der Waals surface area (Å²) in [6, 6.07) is 14.9. The summed E-state index contributed by atoms with van der Waals surface area (Å²) in [4.78, 5) is 7.01. The average Bonchev–Trinajstić information content (AvgIpc) is 2.69. The summed E-state index contributed by atoms with van der Waals surface area (Å²) in [5, 5.41) is 11.9. The molecule has 3 aromatic rings. The molecule has 5 nitrogen and oxygen atoms in total. The van der Waals surface area contributed by atoms with E-state index in [4.69, 9.17) is 4.98 Å². The van der Waals surface area contributed by atoms with Crippen molar-refractivity contribution < 1.29 is 0 Å². The highest BCUT2D eigenvalue weighted by atomic mass is 15.3. The van der Waals surface area contributed by atoms with Gasteiger partial charge in [-0.1, -0.05) is 50.2 Å². The minimum atomic E-state index is 0.414. The highest BCUT2D eigenvalue weighted by Crippen LogP contribution is 2.33. The Morgan fingerprint density at radius 3 is 2.78 bits per heavy atom. The Kier molecular flexibility index (Phi) is 4.75. The van der Waals surface area contributed by atoms with Crippen molar-refractivity contribution in [2.24, 2.45) is 0 Å². The van der Waals surface area contributed by atoms with Gasteiger partial charge >= 0.3 is 0 Å². The smallest absolute Gasteiger partial charge is 0.249 e. The summed E-state index contributed by atoms with van der Waals surface area (Å²) in [5.41, 5.74) is 6.09. The van der Waals surface area contributed by atoms with E-state index < -0.39 is 0 Å². The number of anilines is 4. The summed E-state index contributed by atoms with van der Waals surface area (Å²) in [6.07, 6.45) is 3.96. The quantitative estimate of drug-likeness (QED) is 0.700. The maximum absolute atomic E-state index is 4.77. The van der Waals surface area contributed by atoms with Gasteiger partial charge in [-0.3, -0.25) is 0 Å². The maximum atomic E-state index is 4.77. The number of nitrogens with one attached hydrogen (secondary N) is 1. The molecule has 1 aliphatic heterocycles. The van der Waals surface area contributed by atoms with Gasteiger partial charge in [0, 0.05) is 17.9 Å². The van der Waals surface area contributed by atoms with Gasteiger partial charge in [-0.2, -0.15) is 10.1 Å². The first kappa shape index (κ1) is 17.5. The highest BCUT2D eigenvalue weighted by molar-refractivity contribution is 5.67. The van der Waals surface area contributed by atoms with E-state index in [0.29, 0.717) is 11.9 Å². The molecule has 0 radical (unpaired) electrons. The highest BCUT2D eigenvalue weighted by Gasteiger charge is 2.20.